The van der Waals surface area contributed by atoms with Crippen molar-refractivity contribution in [1.82, 2.24) is 9.97 Å². The van der Waals surface area contributed by atoms with Crippen LogP contribution in [0.25, 0.3) is 0 Å². The van der Waals surface area contributed by atoms with E-state index in [1.54, 1.807) is 0 Å². The minimum atomic E-state index is -3.08. The zero-order valence-electron chi connectivity index (χ0n) is 7.68. The molecule has 1 N–H and O–H groups in total. The van der Waals surface area contributed by atoms with E-state index in [2.05, 4.69) is 9.97 Å². The predicted octanol–water partition coefficient (Wildman–Crippen LogP) is 1.76. The molecular weight excluding hydrogens is 190 g/mol. The maximum absolute atomic E-state index is 12.9. The van der Waals surface area contributed by atoms with Crippen LogP contribution in [0.1, 0.15) is 37.2 Å². The molecule has 1 aliphatic carbocycles. The Bertz CT molecular complexity index is 404. The molecule has 1 aromatic rings. The van der Waals surface area contributed by atoms with E-state index in [4.69, 9.17) is 0 Å². The normalized spacial score (nSPS) is 17.1. The van der Waals surface area contributed by atoms with Crippen LogP contribution in [0.4, 0.5) is 8.78 Å². The number of hydrogen-bond donors (Lipinski definition) is 1. The van der Waals surface area contributed by atoms with E-state index in [1.807, 2.05) is 0 Å². The number of aromatic nitrogens is 2. The van der Waals surface area contributed by atoms with E-state index in [0.717, 1.165) is 19.8 Å². The summed E-state index contributed by atoms with van der Waals surface area (Å²) in [6.45, 7) is 0.724. The number of rotatable bonds is 2. The smallest absolute Gasteiger partial charge is 0.302 e. The van der Waals surface area contributed by atoms with Crippen molar-refractivity contribution in [3.05, 3.63) is 27.9 Å². The van der Waals surface area contributed by atoms with Crippen molar-refractivity contribution in [3.63, 3.8) is 0 Å². The highest BCUT2D eigenvalue weighted by Crippen LogP contribution is 2.38. The summed E-state index contributed by atoms with van der Waals surface area (Å²) in [6, 6.07) is 1.30. The zero-order valence-corrected chi connectivity index (χ0v) is 7.68. The van der Waals surface area contributed by atoms with Crippen molar-refractivity contribution in [1.29, 1.82) is 0 Å². The van der Waals surface area contributed by atoms with E-state index < -0.39 is 17.3 Å². The summed E-state index contributed by atoms with van der Waals surface area (Å²) in [5.74, 6) is -3.41. The summed E-state index contributed by atoms with van der Waals surface area (Å²) in [6.07, 6.45) is 1.87. The van der Waals surface area contributed by atoms with Gasteiger partial charge in [0.25, 0.3) is 5.56 Å². The second-order valence-corrected chi connectivity index (χ2v) is 3.68. The van der Waals surface area contributed by atoms with Crippen LogP contribution in [-0.2, 0) is 5.92 Å². The Morgan fingerprint density at radius 2 is 2.21 bits per heavy atom. The van der Waals surface area contributed by atoms with Crippen LogP contribution in [-0.4, -0.2) is 9.97 Å². The highest BCUT2D eigenvalue weighted by atomic mass is 19.3. The Balaban J connectivity index is 2.46. The molecule has 0 bridgehead atoms. The summed E-state index contributed by atoms with van der Waals surface area (Å²) in [5, 5.41) is 0. The Morgan fingerprint density at radius 3 is 2.71 bits per heavy atom. The molecule has 1 heterocycles. The Morgan fingerprint density at radius 1 is 1.57 bits per heavy atom. The first-order valence-corrected chi connectivity index (χ1v) is 4.46. The van der Waals surface area contributed by atoms with Gasteiger partial charge in [-0.25, -0.2) is 4.98 Å². The quantitative estimate of drug-likeness (QED) is 0.790. The highest BCUT2D eigenvalue weighted by molar-refractivity contribution is 5.15. The van der Waals surface area contributed by atoms with Crippen LogP contribution in [0.5, 0.6) is 0 Å². The SMILES string of the molecule is CC(F)(F)c1nc(C2CC2)cc(=O)[nH]1. The number of nitrogens with zero attached hydrogens (tertiary/aromatic N) is 1. The molecule has 0 spiro atoms. The molecule has 1 saturated carbocycles. The topological polar surface area (TPSA) is 45.8 Å². The molecule has 1 aromatic heterocycles. The number of halogens is 2. The first-order chi connectivity index (χ1) is 6.47. The number of nitrogens with one attached hydrogen (secondary N) is 1. The third kappa shape index (κ3) is 1.81. The van der Waals surface area contributed by atoms with Gasteiger partial charge >= 0.3 is 5.92 Å². The van der Waals surface area contributed by atoms with Gasteiger partial charge in [0.1, 0.15) is 0 Å². The third-order valence-electron chi connectivity index (χ3n) is 2.17. The summed E-state index contributed by atoms with van der Waals surface area (Å²) < 4.78 is 25.7. The highest BCUT2D eigenvalue weighted by Gasteiger charge is 2.31. The number of hydrogen-bond acceptors (Lipinski definition) is 2. The first kappa shape index (κ1) is 9.30. The summed E-state index contributed by atoms with van der Waals surface area (Å²) >= 11 is 0. The number of alkyl halides is 2. The lowest BCUT2D eigenvalue weighted by Crippen LogP contribution is -2.20. The van der Waals surface area contributed by atoms with E-state index in [9.17, 15) is 13.6 Å². The molecule has 0 saturated heterocycles. The summed E-state index contributed by atoms with van der Waals surface area (Å²) in [5.41, 5.74) is -0.0105. The van der Waals surface area contributed by atoms with Gasteiger partial charge in [-0.1, -0.05) is 0 Å². The Kier molecular flexibility index (Phi) is 1.90. The van der Waals surface area contributed by atoms with E-state index in [-0.39, 0.29) is 5.92 Å². The molecule has 0 amide bonds. The van der Waals surface area contributed by atoms with Crippen molar-refractivity contribution in [3.8, 4) is 0 Å². The zero-order chi connectivity index (χ0) is 10.3. The summed E-state index contributed by atoms with van der Waals surface area (Å²) in [4.78, 5) is 16.9. The van der Waals surface area contributed by atoms with Gasteiger partial charge in [0, 0.05) is 18.9 Å². The van der Waals surface area contributed by atoms with E-state index in [0.29, 0.717) is 5.69 Å². The standard InChI is InChI=1S/C9H10F2N2O/c1-9(10,11)8-12-6(5-2-3-5)4-7(14)13-8/h4-5H,2-3H2,1H3,(H,12,13,14). The predicted molar refractivity (Wildman–Crippen MR) is 46.4 cm³/mol. The Hall–Kier alpha value is -1.26. The lowest BCUT2D eigenvalue weighted by Gasteiger charge is -2.09. The minimum Gasteiger partial charge on any atom is -0.305 e. The molecule has 0 aromatic carbocycles. The molecule has 5 heteroatoms. The number of H-pyrrole nitrogens is 1. The molecule has 2 rings (SSSR count). The molecule has 1 fully saturated rings. The fourth-order valence-electron chi connectivity index (χ4n) is 1.27. The average molecular weight is 200 g/mol. The summed E-state index contributed by atoms with van der Waals surface area (Å²) in [7, 11) is 0. The van der Waals surface area contributed by atoms with Crippen LogP contribution in [0.15, 0.2) is 10.9 Å². The second kappa shape index (κ2) is 2.87. The van der Waals surface area contributed by atoms with Crippen LogP contribution >= 0.6 is 0 Å². The van der Waals surface area contributed by atoms with Gasteiger partial charge in [-0.3, -0.25) is 4.79 Å². The average Bonchev–Trinajstić information content (AvgIpc) is 2.83. The monoisotopic (exact) mass is 200 g/mol. The van der Waals surface area contributed by atoms with Crippen molar-refractivity contribution >= 4 is 0 Å². The molecule has 0 aliphatic heterocycles. The molecule has 1 aliphatic rings. The van der Waals surface area contributed by atoms with E-state index >= 15 is 0 Å². The molecule has 76 valence electrons. The first-order valence-electron chi connectivity index (χ1n) is 4.46. The van der Waals surface area contributed by atoms with Crippen molar-refractivity contribution < 1.29 is 8.78 Å². The minimum absolute atomic E-state index is 0.207. The molecule has 0 atom stereocenters. The molecule has 0 unspecified atom stereocenters. The van der Waals surface area contributed by atoms with E-state index in [1.165, 1.54) is 6.07 Å². The van der Waals surface area contributed by atoms with Gasteiger partial charge in [0.15, 0.2) is 5.82 Å². The molecule has 3 nitrogen and oxygen atoms in total. The van der Waals surface area contributed by atoms with Gasteiger partial charge in [0.05, 0.1) is 5.69 Å². The van der Waals surface area contributed by atoms with Crippen molar-refractivity contribution in [2.45, 2.75) is 31.6 Å². The van der Waals surface area contributed by atoms with Gasteiger partial charge in [-0.15, -0.1) is 0 Å². The third-order valence-corrected chi connectivity index (χ3v) is 2.17. The lowest BCUT2D eigenvalue weighted by molar-refractivity contribution is 0.00719. The van der Waals surface area contributed by atoms with Crippen LogP contribution < -0.4 is 5.56 Å². The van der Waals surface area contributed by atoms with Gasteiger partial charge in [0.2, 0.25) is 0 Å². The lowest BCUT2D eigenvalue weighted by atomic mass is 10.2. The molecule has 14 heavy (non-hydrogen) atoms. The fourth-order valence-corrected chi connectivity index (χ4v) is 1.27. The van der Waals surface area contributed by atoms with Crippen molar-refractivity contribution in [2.75, 3.05) is 0 Å². The molecule has 0 radical (unpaired) electrons. The maximum Gasteiger partial charge on any atom is 0.302 e. The second-order valence-electron chi connectivity index (χ2n) is 3.68. The fraction of sp³-hybridized carbons (Fsp3) is 0.556. The van der Waals surface area contributed by atoms with Crippen LogP contribution in [0.2, 0.25) is 0 Å². The molecular formula is C9H10F2N2O. The van der Waals surface area contributed by atoms with Crippen LogP contribution in [0, 0.1) is 0 Å². The van der Waals surface area contributed by atoms with Gasteiger partial charge in [-0.2, -0.15) is 8.78 Å². The van der Waals surface area contributed by atoms with Gasteiger partial charge < -0.3 is 4.98 Å². The van der Waals surface area contributed by atoms with Crippen LogP contribution in [0.3, 0.4) is 0 Å². The van der Waals surface area contributed by atoms with Gasteiger partial charge in [-0.05, 0) is 12.8 Å². The largest absolute Gasteiger partial charge is 0.305 e. The van der Waals surface area contributed by atoms with Crippen molar-refractivity contribution in [2.24, 2.45) is 0 Å². The number of aromatic amines is 1. The maximum atomic E-state index is 12.9. The Labute approximate surface area is 79.2 Å².